The van der Waals surface area contributed by atoms with Gasteiger partial charge in [0, 0.05) is 17.3 Å². The fourth-order valence-corrected chi connectivity index (χ4v) is 2.12. The smallest absolute Gasteiger partial charge is 0.0931 e. The van der Waals surface area contributed by atoms with Crippen LogP contribution >= 0.6 is 22.9 Å². The van der Waals surface area contributed by atoms with E-state index in [0.29, 0.717) is 0 Å². The number of halogens is 1. The first-order chi connectivity index (χ1) is 6.24. The highest BCUT2D eigenvalue weighted by Gasteiger charge is 2.07. The minimum atomic E-state index is 0.0818. The van der Waals surface area contributed by atoms with E-state index >= 15 is 0 Å². The molecule has 2 N–H and O–H groups in total. The van der Waals surface area contributed by atoms with Crippen LogP contribution in [0, 0.1) is 11.8 Å². The standard InChI is InChI=1S/C10H12ClNS/c1-2-3-4-5-8(12)9-6-7-10(11)13-9/h6-8H,4-5,12H2,1H3. The molecule has 0 radical (unpaired) electrons. The van der Waals surface area contributed by atoms with E-state index in [0.717, 1.165) is 22.1 Å². The third kappa shape index (κ3) is 3.40. The molecule has 3 heteroatoms. The molecule has 0 spiro atoms. The second-order valence-corrected chi connectivity index (χ2v) is 4.46. The molecule has 1 aromatic heterocycles. The normalized spacial score (nSPS) is 11.9. The Morgan fingerprint density at radius 1 is 1.62 bits per heavy atom. The summed E-state index contributed by atoms with van der Waals surface area (Å²) in [7, 11) is 0. The van der Waals surface area contributed by atoms with E-state index in [1.54, 1.807) is 11.3 Å². The third-order valence-electron chi connectivity index (χ3n) is 1.72. The molecular weight excluding hydrogens is 202 g/mol. The van der Waals surface area contributed by atoms with E-state index in [1.807, 2.05) is 19.1 Å². The van der Waals surface area contributed by atoms with Crippen LogP contribution in [0.15, 0.2) is 12.1 Å². The fourth-order valence-electron chi connectivity index (χ4n) is 1.02. The predicted octanol–water partition coefficient (Wildman–Crippen LogP) is 3.20. The molecule has 0 aromatic carbocycles. The zero-order chi connectivity index (χ0) is 9.68. The molecule has 0 aliphatic rings. The van der Waals surface area contributed by atoms with Crippen LogP contribution in [-0.2, 0) is 0 Å². The van der Waals surface area contributed by atoms with Crippen molar-refractivity contribution in [2.45, 2.75) is 25.8 Å². The van der Waals surface area contributed by atoms with E-state index in [1.165, 1.54) is 0 Å². The molecule has 0 amide bonds. The lowest BCUT2D eigenvalue weighted by Crippen LogP contribution is -2.07. The lowest BCUT2D eigenvalue weighted by molar-refractivity contribution is 0.679. The zero-order valence-corrected chi connectivity index (χ0v) is 9.08. The first-order valence-electron chi connectivity index (χ1n) is 4.14. The summed E-state index contributed by atoms with van der Waals surface area (Å²) in [5.74, 6) is 5.85. The van der Waals surface area contributed by atoms with Gasteiger partial charge >= 0.3 is 0 Å². The third-order valence-corrected chi connectivity index (χ3v) is 3.08. The number of hydrogen-bond donors (Lipinski definition) is 1. The molecule has 1 aromatic rings. The van der Waals surface area contributed by atoms with Gasteiger partial charge < -0.3 is 5.73 Å². The summed E-state index contributed by atoms with van der Waals surface area (Å²) in [6.45, 7) is 1.84. The van der Waals surface area contributed by atoms with E-state index in [9.17, 15) is 0 Å². The minimum Gasteiger partial charge on any atom is -0.323 e. The Kier molecular flexibility index (Phi) is 4.31. The van der Waals surface area contributed by atoms with Crippen molar-refractivity contribution in [2.75, 3.05) is 0 Å². The van der Waals surface area contributed by atoms with Gasteiger partial charge in [-0.05, 0) is 25.5 Å². The summed E-state index contributed by atoms with van der Waals surface area (Å²) in [6.07, 6.45) is 1.75. The molecule has 0 saturated heterocycles. The second kappa shape index (κ2) is 5.29. The van der Waals surface area contributed by atoms with Crippen LogP contribution in [0.5, 0.6) is 0 Å². The average Bonchev–Trinajstić information content (AvgIpc) is 2.52. The minimum absolute atomic E-state index is 0.0818. The molecule has 1 unspecified atom stereocenters. The predicted molar refractivity (Wildman–Crippen MR) is 58.9 cm³/mol. The molecule has 0 saturated carbocycles. The van der Waals surface area contributed by atoms with Crippen LogP contribution in [0.1, 0.15) is 30.7 Å². The van der Waals surface area contributed by atoms with Crippen molar-refractivity contribution in [3.63, 3.8) is 0 Å². The van der Waals surface area contributed by atoms with Gasteiger partial charge in [-0.15, -0.1) is 23.2 Å². The number of hydrogen-bond acceptors (Lipinski definition) is 2. The van der Waals surface area contributed by atoms with Gasteiger partial charge in [-0.3, -0.25) is 0 Å². The van der Waals surface area contributed by atoms with Crippen molar-refractivity contribution in [3.05, 3.63) is 21.3 Å². The zero-order valence-electron chi connectivity index (χ0n) is 7.51. The van der Waals surface area contributed by atoms with Gasteiger partial charge in [-0.25, -0.2) is 0 Å². The fraction of sp³-hybridized carbons (Fsp3) is 0.400. The molecule has 0 fully saturated rings. The Morgan fingerprint density at radius 3 is 2.92 bits per heavy atom. The SMILES string of the molecule is CC#CCCC(N)c1ccc(Cl)s1. The lowest BCUT2D eigenvalue weighted by Gasteiger charge is -2.05. The van der Waals surface area contributed by atoms with Crippen molar-refractivity contribution in [2.24, 2.45) is 5.73 Å². The molecule has 1 heterocycles. The largest absolute Gasteiger partial charge is 0.323 e. The topological polar surface area (TPSA) is 26.0 Å². The van der Waals surface area contributed by atoms with Crippen molar-refractivity contribution >= 4 is 22.9 Å². The van der Waals surface area contributed by atoms with Gasteiger partial charge in [-0.1, -0.05) is 11.6 Å². The van der Waals surface area contributed by atoms with E-state index < -0.39 is 0 Å². The van der Waals surface area contributed by atoms with Crippen LogP contribution in [0.25, 0.3) is 0 Å². The van der Waals surface area contributed by atoms with Crippen LogP contribution in [0.2, 0.25) is 4.34 Å². The van der Waals surface area contributed by atoms with Gasteiger partial charge in [0.05, 0.1) is 4.34 Å². The molecule has 13 heavy (non-hydrogen) atoms. The molecule has 0 aliphatic heterocycles. The summed E-state index contributed by atoms with van der Waals surface area (Å²) in [6, 6.07) is 3.95. The summed E-state index contributed by atoms with van der Waals surface area (Å²) in [4.78, 5) is 1.14. The Hall–Kier alpha value is -0.490. The van der Waals surface area contributed by atoms with Gasteiger partial charge in [0.25, 0.3) is 0 Å². The van der Waals surface area contributed by atoms with Gasteiger partial charge in [-0.2, -0.15) is 0 Å². The lowest BCUT2D eigenvalue weighted by atomic mass is 10.1. The quantitative estimate of drug-likeness (QED) is 0.767. The number of thiophene rings is 1. The molecule has 1 atom stereocenters. The first kappa shape index (κ1) is 10.6. The van der Waals surface area contributed by atoms with Gasteiger partial charge in [0.2, 0.25) is 0 Å². The Balaban J connectivity index is 2.47. The summed E-state index contributed by atoms with van der Waals surface area (Å²) >= 11 is 7.35. The maximum atomic E-state index is 5.93. The monoisotopic (exact) mass is 213 g/mol. The van der Waals surface area contributed by atoms with E-state index in [-0.39, 0.29) is 6.04 Å². The highest BCUT2D eigenvalue weighted by Crippen LogP contribution is 2.27. The number of nitrogens with two attached hydrogens (primary N) is 1. The van der Waals surface area contributed by atoms with Crippen LogP contribution in [-0.4, -0.2) is 0 Å². The van der Waals surface area contributed by atoms with Crippen LogP contribution < -0.4 is 5.73 Å². The van der Waals surface area contributed by atoms with Crippen molar-refractivity contribution in [3.8, 4) is 11.8 Å². The summed E-state index contributed by atoms with van der Waals surface area (Å²) < 4.78 is 0.798. The average molecular weight is 214 g/mol. The Labute approximate surface area is 87.9 Å². The van der Waals surface area contributed by atoms with E-state index in [4.69, 9.17) is 17.3 Å². The first-order valence-corrected chi connectivity index (χ1v) is 5.34. The molecule has 0 bridgehead atoms. The van der Waals surface area contributed by atoms with Crippen molar-refractivity contribution in [1.82, 2.24) is 0 Å². The molecule has 1 rings (SSSR count). The van der Waals surface area contributed by atoms with Crippen LogP contribution in [0.3, 0.4) is 0 Å². The molecule has 0 aliphatic carbocycles. The highest BCUT2D eigenvalue weighted by molar-refractivity contribution is 7.16. The molecular formula is C10H12ClNS. The van der Waals surface area contributed by atoms with Gasteiger partial charge in [0.1, 0.15) is 0 Å². The maximum absolute atomic E-state index is 5.93. The summed E-state index contributed by atoms with van der Waals surface area (Å²) in [5.41, 5.74) is 5.93. The second-order valence-electron chi connectivity index (χ2n) is 2.71. The van der Waals surface area contributed by atoms with Crippen LogP contribution in [0.4, 0.5) is 0 Å². The van der Waals surface area contributed by atoms with Gasteiger partial charge in [0.15, 0.2) is 0 Å². The molecule has 1 nitrogen and oxygen atoms in total. The molecule has 70 valence electrons. The van der Waals surface area contributed by atoms with Crippen molar-refractivity contribution < 1.29 is 0 Å². The number of rotatable bonds is 3. The summed E-state index contributed by atoms with van der Waals surface area (Å²) in [5, 5.41) is 0. The Bertz CT molecular complexity index is 321. The Morgan fingerprint density at radius 2 is 2.38 bits per heavy atom. The van der Waals surface area contributed by atoms with E-state index in [2.05, 4.69) is 11.8 Å². The highest BCUT2D eigenvalue weighted by atomic mass is 35.5. The maximum Gasteiger partial charge on any atom is 0.0931 e. The van der Waals surface area contributed by atoms with Crippen molar-refractivity contribution in [1.29, 1.82) is 0 Å².